The van der Waals surface area contributed by atoms with E-state index >= 15 is 0 Å². The zero-order chi connectivity index (χ0) is 11.3. The minimum atomic E-state index is 0.188. The van der Waals surface area contributed by atoms with Crippen molar-refractivity contribution in [3.8, 4) is 0 Å². The first-order chi connectivity index (χ1) is 7.01. The monoisotopic (exact) mass is 229 g/mol. The highest BCUT2D eigenvalue weighted by Crippen LogP contribution is 2.16. The van der Waals surface area contributed by atoms with Crippen LogP contribution in [0.5, 0.6) is 0 Å². The van der Waals surface area contributed by atoms with Gasteiger partial charge < -0.3 is 5.11 Å². The Bertz CT molecular complexity index is 269. The molecule has 1 aromatic rings. The fourth-order valence-corrected chi connectivity index (χ4v) is 1.95. The van der Waals surface area contributed by atoms with Gasteiger partial charge in [0, 0.05) is 25.0 Å². The molecule has 1 N–H and O–H groups in total. The van der Waals surface area contributed by atoms with E-state index in [2.05, 4.69) is 35.3 Å². The molecule has 0 spiro atoms. The van der Waals surface area contributed by atoms with Gasteiger partial charge in [0.25, 0.3) is 0 Å². The molecule has 0 radical (unpaired) electrons. The second kappa shape index (κ2) is 5.53. The number of nitrogens with zero attached hydrogens (tertiary/aromatic N) is 3. The molecule has 0 amide bonds. The third-order valence-electron chi connectivity index (χ3n) is 1.90. The number of aliphatic hydroxyl groups excluding tert-OH is 1. The SMILES string of the molecule is CC(C)(C)CN(CCO)Cc1csnn1. The van der Waals surface area contributed by atoms with Crippen molar-refractivity contribution in [1.29, 1.82) is 0 Å². The van der Waals surface area contributed by atoms with E-state index in [0.29, 0.717) is 6.54 Å². The van der Waals surface area contributed by atoms with Gasteiger partial charge in [0.05, 0.1) is 12.3 Å². The summed E-state index contributed by atoms with van der Waals surface area (Å²) in [5.74, 6) is 0. The number of aromatic nitrogens is 2. The van der Waals surface area contributed by atoms with Gasteiger partial charge >= 0.3 is 0 Å². The lowest BCUT2D eigenvalue weighted by atomic mass is 9.96. The topological polar surface area (TPSA) is 49.2 Å². The third-order valence-corrected chi connectivity index (χ3v) is 2.46. The number of rotatable bonds is 5. The lowest BCUT2D eigenvalue weighted by Gasteiger charge is -2.28. The van der Waals surface area contributed by atoms with Gasteiger partial charge in [-0.15, -0.1) is 5.10 Å². The van der Waals surface area contributed by atoms with E-state index in [1.807, 2.05) is 5.38 Å². The largest absolute Gasteiger partial charge is 0.395 e. The van der Waals surface area contributed by atoms with Gasteiger partial charge in [0.2, 0.25) is 0 Å². The molecule has 0 aliphatic heterocycles. The minimum Gasteiger partial charge on any atom is -0.395 e. The van der Waals surface area contributed by atoms with Gasteiger partial charge in [0.15, 0.2) is 0 Å². The van der Waals surface area contributed by atoms with Gasteiger partial charge in [-0.2, -0.15) is 0 Å². The van der Waals surface area contributed by atoms with E-state index in [-0.39, 0.29) is 12.0 Å². The molecule has 0 aliphatic rings. The van der Waals surface area contributed by atoms with Gasteiger partial charge in [-0.1, -0.05) is 25.3 Å². The van der Waals surface area contributed by atoms with Crippen molar-refractivity contribution < 1.29 is 5.11 Å². The normalized spacial score (nSPS) is 12.3. The first-order valence-electron chi connectivity index (χ1n) is 5.10. The van der Waals surface area contributed by atoms with Crippen LogP contribution in [-0.2, 0) is 6.54 Å². The summed E-state index contributed by atoms with van der Waals surface area (Å²) in [4.78, 5) is 2.21. The molecule has 4 nitrogen and oxygen atoms in total. The number of aliphatic hydroxyl groups is 1. The molecule has 5 heteroatoms. The van der Waals surface area contributed by atoms with Crippen LogP contribution in [0.1, 0.15) is 26.5 Å². The Kier molecular flexibility index (Phi) is 4.63. The molecular weight excluding hydrogens is 210 g/mol. The quantitative estimate of drug-likeness (QED) is 0.828. The van der Waals surface area contributed by atoms with E-state index in [9.17, 15) is 0 Å². The summed E-state index contributed by atoms with van der Waals surface area (Å²) in [5, 5.41) is 15.0. The van der Waals surface area contributed by atoms with Crippen LogP contribution in [0.4, 0.5) is 0 Å². The lowest BCUT2D eigenvalue weighted by Crippen LogP contribution is -2.34. The van der Waals surface area contributed by atoms with Crippen molar-refractivity contribution in [2.75, 3.05) is 19.7 Å². The molecule has 0 aliphatic carbocycles. The summed E-state index contributed by atoms with van der Waals surface area (Å²) in [7, 11) is 0. The maximum absolute atomic E-state index is 8.99. The highest BCUT2D eigenvalue weighted by atomic mass is 32.1. The molecular formula is C10H19N3OS. The third kappa shape index (κ3) is 5.20. The fourth-order valence-electron chi connectivity index (χ4n) is 1.51. The molecule has 0 fully saturated rings. The Hall–Kier alpha value is -0.520. The van der Waals surface area contributed by atoms with E-state index in [1.54, 1.807) is 0 Å². The van der Waals surface area contributed by atoms with Gasteiger partial charge in [-0.3, -0.25) is 4.90 Å². The van der Waals surface area contributed by atoms with E-state index in [0.717, 1.165) is 18.8 Å². The summed E-state index contributed by atoms with van der Waals surface area (Å²) in [5.41, 5.74) is 1.22. The van der Waals surface area contributed by atoms with Crippen molar-refractivity contribution in [2.45, 2.75) is 27.3 Å². The van der Waals surface area contributed by atoms with Gasteiger partial charge in [0.1, 0.15) is 0 Å². The van der Waals surface area contributed by atoms with Crippen LogP contribution in [-0.4, -0.2) is 39.3 Å². The van der Waals surface area contributed by atoms with Crippen LogP contribution in [0.2, 0.25) is 0 Å². The van der Waals surface area contributed by atoms with Crippen LogP contribution in [0.25, 0.3) is 0 Å². The van der Waals surface area contributed by atoms with Crippen molar-refractivity contribution in [1.82, 2.24) is 14.5 Å². The summed E-state index contributed by atoms with van der Waals surface area (Å²) >= 11 is 1.37. The molecule has 0 atom stereocenters. The first kappa shape index (κ1) is 12.5. The van der Waals surface area contributed by atoms with Crippen molar-refractivity contribution in [3.05, 3.63) is 11.1 Å². The van der Waals surface area contributed by atoms with E-state index in [4.69, 9.17) is 5.11 Å². The van der Waals surface area contributed by atoms with Gasteiger partial charge in [-0.25, -0.2) is 0 Å². The molecule has 1 aromatic heterocycles. The van der Waals surface area contributed by atoms with E-state index in [1.165, 1.54) is 11.5 Å². The molecule has 0 saturated heterocycles. The summed E-state index contributed by atoms with van der Waals surface area (Å²) in [6.07, 6.45) is 0. The number of hydrogen-bond donors (Lipinski definition) is 1. The van der Waals surface area contributed by atoms with Crippen molar-refractivity contribution in [3.63, 3.8) is 0 Å². The zero-order valence-corrected chi connectivity index (χ0v) is 10.4. The Morgan fingerprint density at radius 1 is 1.47 bits per heavy atom. The molecule has 0 aromatic carbocycles. The molecule has 1 rings (SSSR count). The maximum Gasteiger partial charge on any atom is 0.0895 e. The van der Waals surface area contributed by atoms with Crippen LogP contribution < -0.4 is 0 Å². The predicted octanol–water partition coefficient (Wildman–Crippen LogP) is 1.38. The summed E-state index contributed by atoms with van der Waals surface area (Å²) < 4.78 is 3.83. The molecule has 0 bridgehead atoms. The highest BCUT2D eigenvalue weighted by Gasteiger charge is 2.16. The predicted molar refractivity (Wildman–Crippen MR) is 61.7 cm³/mol. The highest BCUT2D eigenvalue weighted by molar-refractivity contribution is 7.03. The summed E-state index contributed by atoms with van der Waals surface area (Å²) in [6, 6.07) is 0. The lowest BCUT2D eigenvalue weighted by molar-refractivity contribution is 0.145. The average molecular weight is 229 g/mol. The second-order valence-electron chi connectivity index (χ2n) is 4.89. The molecule has 1 heterocycles. The van der Waals surface area contributed by atoms with Crippen molar-refractivity contribution in [2.24, 2.45) is 5.41 Å². The average Bonchev–Trinajstić information content (AvgIpc) is 2.54. The Morgan fingerprint density at radius 2 is 2.20 bits per heavy atom. The van der Waals surface area contributed by atoms with Crippen molar-refractivity contribution >= 4 is 11.5 Å². The fraction of sp³-hybridized carbons (Fsp3) is 0.800. The second-order valence-corrected chi connectivity index (χ2v) is 5.50. The van der Waals surface area contributed by atoms with Crippen LogP contribution >= 0.6 is 11.5 Å². The molecule has 86 valence electrons. The zero-order valence-electron chi connectivity index (χ0n) is 9.60. The summed E-state index contributed by atoms with van der Waals surface area (Å²) in [6.45, 7) is 9.17. The van der Waals surface area contributed by atoms with Crippen LogP contribution in [0.3, 0.4) is 0 Å². The molecule has 0 unspecified atom stereocenters. The van der Waals surface area contributed by atoms with E-state index < -0.39 is 0 Å². The molecule has 15 heavy (non-hydrogen) atoms. The van der Waals surface area contributed by atoms with Crippen LogP contribution in [0, 0.1) is 5.41 Å². The number of hydrogen-bond acceptors (Lipinski definition) is 5. The smallest absolute Gasteiger partial charge is 0.0895 e. The van der Waals surface area contributed by atoms with Gasteiger partial charge in [-0.05, 0) is 16.9 Å². The van der Waals surface area contributed by atoms with Crippen LogP contribution in [0.15, 0.2) is 5.38 Å². The Morgan fingerprint density at radius 3 is 2.67 bits per heavy atom. The Labute approximate surface area is 95.1 Å². The minimum absolute atomic E-state index is 0.188. The first-order valence-corrected chi connectivity index (χ1v) is 5.94. The Balaban J connectivity index is 2.51. The molecule has 0 saturated carbocycles. The maximum atomic E-state index is 8.99. The standard InChI is InChI=1S/C10H19N3OS/c1-10(2,3)8-13(4-5-14)6-9-7-15-12-11-9/h7,14H,4-6,8H2,1-3H3.